The molecular formula is C28H29FN10OS2. The van der Waals surface area contributed by atoms with Gasteiger partial charge in [-0.05, 0) is 37.9 Å². The molecule has 216 valence electrons. The van der Waals surface area contributed by atoms with Gasteiger partial charge in [-0.2, -0.15) is 25.4 Å². The number of thiophene rings is 1. The van der Waals surface area contributed by atoms with E-state index in [1.165, 1.54) is 16.2 Å². The smallest absolute Gasteiger partial charge is 0.320 e. The van der Waals surface area contributed by atoms with Crippen LogP contribution in [0.4, 0.5) is 15.2 Å². The van der Waals surface area contributed by atoms with Crippen molar-refractivity contribution in [1.29, 1.82) is 5.26 Å². The Hall–Kier alpha value is -3.54. The summed E-state index contributed by atoms with van der Waals surface area (Å²) >= 11 is 3.39. The van der Waals surface area contributed by atoms with Crippen LogP contribution in [0.25, 0.3) is 11.2 Å². The van der Waals surface area contributed by atoms with Crippen LogP contribution in [0.1, 0.15) is 53.8 Å². The summed E-state index contributed by atoms with van der Waals surface area (Å²) in [5, 5.41) is 18.4. The Morgan fingerprint density at radius 1 is 1.31 bits per heavy atom. The van der Waals surface area contributed by atoms with Crippen LogP contribution >= 0.6 is 23.1 Å². The van der Waals surface area contributed by atoms with Gasteiger partial charge in [-0.3, -0.25) is 4.90 Å². The Bertz CT molecular complexity index is 1730. The number of nitrogens with zero attached hydrogens (tertiary/aromatic N) is 9. The van der Waals surface area contributed by atoms with Gasteiger partial charge < -0.3 is 19.9 Å². The first-order valence-corrected chi connectivity index (χ1v) is 15.9. The molecule has 0 saturated carbocycles. The zero-order valence-corrected chi connectivity index (χ0v) is 24.7. The molecule has 4 aliphatic heterocycles. The van der Waals surface area contributed by atoms with E-state index < -0.39 is 6.17 Å². The molecular weight excluding hydrogens is 576 g/mol. The average molecular weight is 605 g/mol. The number of rotatable bonds is 6. The monoisotopic (exact) mass is 604 g/mol. The van der Waals surface area contributed by atoms with Crippen LogP contribution in [-0.2, 0) is 10.5 Å². The summed E-state index contributed by atoms with van der Waals surface area (Å²) in [5.41, 5.74) is 9.91. The molecule has 42 heavy (non-hydrogen) atoms. The van der Waals surface area contributed by atoms with Crippen LogP contribution in [0.5, 0.6) is 6.01 Å². The zero-order chi connectivity index (χ0) is 28.6. The van der Waals surface area contributed by atoms with Crippen LogP contribution in [0.15, 0.2) is 24.8 Å². The van der Waals surface area contributed by atoms with Gasteiger partial charge in [0, 0.05) is 48.4 Å². The van der Waals surface area contributed by atoms with Crippen LogP contribution in [0.3, 0.4) is 0 Å². The van der Waals surface area contributed by atoms with E-state index in [4.69, 9.17) is 25.4 Å². The van der Waals surface area contributed by atoms with Crippen molar-refractivity contribution in [2.24, 2.45) is 0 Å². The van der Waals surface area contributed by atoms with E-state index >= 15 is 0 Å². The zero-order valence-electron chi connectivity index (χ0n) is 23.0. The summed E-state index contributed by atoms with van der Waals surface area (Å²) in [6.45, 7) is 5.13. The summed E-state index contributed by atoms with van der Waals surface area (Å²) in [4.78, 5) is 20.2. The van der Waals surface area contributed by atoms with Gasteiger partial charge in [-0.15, -0.1) is 23.1 Å². The second-order valence-electron chi connectivity index (χ2n) is 11.8. The number of aromatic nitrogens is 6. The van der Waals surface area contributed by atoms with Gasteiger partial charge in [0.1, 0.15) is 23.8 Å². The lowest BCUT2D eigenvalue weighted by atomic mass is 9.88. The Labute approximate surface area is 249 Å². The van der Waals surface area contributed by atoms with E-state index in [0.29, 0.717) is 60.2 Å². The van der Waals surface area contributed by atoms with Crippen molar-refractivity contribution in [2.75, 3.05) is 43.4 Å². The van der Waals surface area contributed by atoms with E-state index in [2.05, 4.69) is 33.0 Å². The fourth-order valence-electron chi connectivity index (χ4n) is 7.24. The molecule has 3 saturated heterocycles. The Kier molecular flexibility index (Phi) is 5.90. The molecule has 0 bridgehead atoms. The molecule has 0 aromatic carbocycles. The van der Waals surface area contributed by atoms with Gasteiger partial charge in [0.25, 0.3) is 0 Å². The molecule has 8 rings (SSSR count). The summed E-state index contributed by atoms with van der Waals surface area (Å²) in [7, 11) is 0. The van der Waals surface area contributed by atoms with Crippen molar-refractivity contribution in [3.63, 3.8) is 0 Å². The molecule has 3 atom stereocenters. The summed E-state index contributed by atoms with van der Waals surface area (Å²) in [6, 6.07) is 4.43. The summed E-state index contributed by atoms with van der Waals surface area (Å²) in [5.74, 6) is 1.55. The number of halogens is 1. The molecule has 14 heteroatoms. The highest BCUT2D eigenvalue weighted by Crippen LogP contribution is 2.58. The predicted octanol–water partition coefficient (Wildman–Crippen LogP) is 3.66. The molecule has 0 amide bonds. The van der Waals surface area contributed by atoms with Crippen molar-refractivity contribution in [1.82, 2.24) is 34.6 Å². The number of ether oxygens (including phenoxy) is 1. The maximum absolute atomic E-state index is 14.4. The van der Waals surface area contributed by atoms with Gasteiger partial charge in [-0.1, -0.05) is 0 Å². The van der Waals surface area contributed by atoms with Crippen LogP contribution in [-0.4, -0.2) is 79.1 Å². The Balaban J connectivity index is 1.16. The van der Waals surface area contributed by atoms with Crippen molar-refractivity contribution in [3.8, 4) is 12.1 Å². The number of anilines is 2. The van der Waals surface area contributed by atoms with Crippen molar-refractivity contribution in [2.45, 2.75) is 54.4 Å². The molecule has 3 fully saturated rings. The van der Waals surface area contributed by atoms with Crippen LogP contribution in [0.2, 0.25) is 0 Å². The molecule has 0 aliphatic carbocycles. The fraction of sp³-hybridized carbons (Fsp3) is 0.500. The van der Waals surface area contributed by atoms with E-state index in [9.17, 15) is 9.65 Å². The van der Waals surface area contributed by atoms with E-state index in [0.717, 1.165) is 36.3 Å². The maximum atomic E-state index is 14.4. The standard InChI is InChI=1S/C28H29FN10OS2/c1-16(17-3-5-33-34-9-17)39-15-32-22-24(37-12-28(13-37)21-19(8-30)23(31)42-20(21)11-41-28)35-26(36-25(22)39)40-14-27-4-2-6-38(27)10-18(29)7-27/h3,5,9,15-16,18H,2,4,6-7,10-14,31H2,1H3/t16?,18?,27-/m0/s1. The van der Waals surface area contributed by atoms with Crippen LogP contribution < -0.4 is 15.4 Å². The second-order valence-corrected chi connectivity index (χ2v) is 14.3. The molecule has 4 aromatic heterocycles. The lowest BCUT2D eigenvalue weighted by molar-refractivity contribution is 0.107. The lowest BCUT2D eigenvalue weighted by Gasteiger charge is -2.48. The van der Waals surface area contributed by atoms with Gasteiger partial charge in [0.05, 0.1) is 34.4 Å². The van der Waals surface area contributed by atoms with Crippen molar-refractivity contribution in [3.05, 3.63) is 46.4 Å². The number of imidazole rings is 1. The van der Waals surface area contributed by atoms with Crippen molar-refractivity contribution < 1.29 is 9.13 Å². The number of nitriles is 1. The summed E-state index contributed by atoms with van der Waals surface area (Å²) < 4.78 is 22.6. The molecule has 4 aliphatic rings. The molecule has 1 spiro atoms. The molecule has 2 N–H and O–H groups in total. The predicted molar refractivity (Wildman–Crippen MR) is 158 cm³/mol. The number of hydrogen-bond donors (Lipinski definition) is 1. The normalized spacial score (nSPS) is 25.0. The summed E-state index contributed by atoms with van der Waals surface area (Å²) in [6.07, 6.45) is 6.79. The fourth-order valence-corrected chi connectivity index (χ4v) is 10.1. The van der Waals surface area contributed by atoms with Gasteiger partial charge >= 0.3 is 6.01 Å². The minimum atomic E-state index is -0.834. The third kappa shape index (κ3) is 3.83. The van der Waals surface area contributed by atoms with Crippen molar-refractivity contribution >= 4 is 45.1 Å². The molecule has 0 radical (unpaired) electrons. The first-order valence-electron chi connectivity index (χ1n) is 14.1. The third-order valence-electron chi connectivity index (χ3n) is 9.37. The van der Waals surface area contributed by atoms with Gasteiger partial charge in [0.2, 0.25) is 0 Å². The highest BCUT2D eigenvalue weighted by Gasteiger charge is 2.53. The molecule has 2 unspecified atom stereocenters. The second kappa shape index (κ2) is 9.48. The van der Waals surface area contributed by atoms with Gasteiger partial charge in [-0.25, -0.2) is 9.37 Å². The van der Waals surface area contributed by atoms with E-state index in [1.54, 1.807) is 18.7 Å². The number of nitrogen functional groups attached to an aromatic ring is 1. The van der Waals surface area contributed by atoms with E-state index in [1.807, 2.05) is 22.4 Å². The minimum absolute atomic E-state index is 0.102. The number of alkyl halides is 1. The van der Waals surface area contributed by atoms with Crippen LogP contribution in [0, 0.1) is 11.3 Å². The Morgan fingerprint density at radius 2 is 2.19 bits per heavy atom. The van der Waals surface area contributed by atoms with Gasteiger partial charge in [0.15, 0.2) is 17.0 Å². The molecule has 4 aromatic rings. The first kappa shape index (κ1) is 26.1. The number of thioether (sulfide) groups is 1. The lowest BCUT2D eigenvalue weighted by Crippen LogP contribution is -2.57. The largest absolute Gasteiger partial charge is 0.461 e. The molecule has 11 nitrogen and oxygen atoms in total. The number of fused-ring (bicyclic) bond motifs is 4. The third-order valence-corrected chi connectivity index (χ3v) is 12.0. The number of hydrogen-bond acceptors (Lipinski definition) is 12. The Morgan fingerprint density at radius 3 is 3.00 bits per heavy atom. The SMILES string of the molecule is CC(c1ccnnc1)n1cnc2c(N3CC4(C3)SCc3sc(N)c(C#N)c34)nc(OC[C@@]34CCCN3CC(F)C4)nc21. The minimum Gasteiger partial charge on any atom is -0.461 e. The molecule has 8 heterocycles. The average Bonchev–Trinajstić information content (AvgIpc) is 3.77. The number of nitrogens with two attached hydrogens (primary N) is 1. The highest BCUT2D eigenvalue weighted by atomic mass is 32.2. The quantitative estimate of drug-likeness (QED) is 0.345. The maximum Gasteiger partial charge on any atom is 0.320 e. The topological polar surface area (TPSA) is 135 Å². The van der Waals surface area contributed by atoms with E-state index in [-0.39, 0.29) is 22.3 Å². The highest BCUT2D eigenvalue weighted by molar-refractivity contribution is 8.00. The first-order chi connectivity index (χ1) is 20.4.